The zero-order valence-corrected chi connectivity index (χ0v) is 12.8. The molecule has 0 saturated heterocycles. The highest BCUT2D eigenvalue weighted by Gasteiger charge is 2.41. The lowest BCUT2D eigenvalue weighted by atomic mass is 9.80. The number of rotatable bonds is 6. The average molecular weight is 277 g/mol. The molecule has 108 valence electrons. The van der Waals surface area contributed by atoms with E-state index in [9.17, 15) is 8.42 Å². The predicted octanol–water partition coefficient (Wildman–Crippen LogP) is 1.46. The van der Waals surface area contributed by atoms with Gasteiger partial charge in [-0.05, 0) is 38.1 Å². The van der Waals surface area contributed by atoms with E-state index in [2.05, 4.69) is 19.2 Å². The average Bonchev–Trinajstić information content (AvgIpc) is 2.27. The molecule has 1 N–H and O–H groups in total. The molecule has 18 heavy (non-hydrogen) atoms. The van der Waals surface area contributed by atoms with E-state index in [1.165, 1.54) is 0 Å². The fraction of sp³-hybridized carbons (Fsp3) is 1.00. The maximum Gasteiger partial charge on any atom is 0.155 e. The Kier molecular flexibility index (Phi) is 6.08. The number of nitrogens with one attached hydrogen (secondary N) is 1. The lowest BCUT2D eigenvalue weighted by molar-refractivity contribution is 0.199. The van der Waals surface area contributed by atoms with E-state index in [0.717, 1.165) is 12.8 Å². The second-order valence-corrected chi connectivity index (χ2v) is 7.91. The molecule has 0 radical (unpaired) electrons. The van der Waals surface area contributed by atoms with E-state index in [4.69, 9.17) is 4.74 Å². The minimum Gasteiger partial charge on any atom is -0.385 e. The van der Waals surface area contributed by atoms with Crippen LogP contribution in [0.5, 0.6) is 0 Å². The van der Waals surface area contributed by atoms with Crippen molar-refractivity contribution < 1.29 is 13.2 Å². The highest BCUT2D eigenvalue weighted by molar-refractivity contribution is 7.92. The van der Waals surface area contributed by atoms with Gasteiger partial charge in [-0.3, -0.25) is 0 Å². The van der Waals surface area contributed by atoms with Crippen LogP contribution in [0.2, 0.25) is 0 Å². The van der Waals surface area contributed by atoms with Crippen LogP contribution in [0.15, 0.2) is 0 Å². The van der Waals surface area contributed by atoms with Gasteiger partial charge in [0.2, 0.25) is 0 Å². The van der Waals surface area contributed by atoms with Gasteiger partial charge >= 0.3 is 0 Å². The first-order valence-electron chi connectivity index (χ1n) is 6.80. The normalized spacial score (nSPS) is 33.6. The second kappa shape index (κ2) is 6.87. The minimum absolute atomic E-state index is 0.0938. The molecule has 4 unspecified atom stereocenters. The quantitative estimate of drug-likeness (QED) is 0.747. The van der Waals surface area contributed by atoms with E-state index in [1.807, 2.05) is 7.05 Å². The van der Waals surface area contributed by atoms with Crippen LogP contribution in [0.25, 0.3) is 0 Å². The van der Waals surface area contributed by atoms with Crippen molar-refractivity contribution in [3.63, 3.8) is 0 Å². The van der Waals surface area contributed by atoms with Gasteiger partial charge in [0.25, 0.3) is 0 Å². The third-order valence-electron chi connectivity index (χ3n) is 3.95. The molecule has 0 aromatic heterocycles. The van der Waals surface area contributed by atoms with Crippen molar-refractivity contribution in [2.24, 2.45) is 11.8 Å². The molecule has 0 aliphatic heterocycles. The molecule has 0 heterocycles. The smallest absolute Gasteiger partial charge is 0.155 e. The summed E-state index contributed by atoms with van der Waals surface area (Å²) < 4.78 is 29.8. The summed E-state index contributed by atoms with van der Waals surface area (Å²) in [5.41, 5.74) is 0. The van der Waals surface area contributed by atoms with Crippen LogP contribution in [0.4, 0.5) is 0 Å². The van der Waals surface area contributed by atoms with Crippen LogP contribution in [0.1, 0.15) is 33.1 Å². The SMILES string of the molecule is CNC1CC(C)CC(C)C1S(=O)(=O)CCCOC. The first-order chi connectivity index (χ1) is 8.42. The Bertz CT molecular complexity index is 342. The molecule has 0 aromatic rings. The second-order valence-electron chi connectivity index (χ2n) is 5.63. The molecule has 1 aliphatic carbocycles. The summed E-state index contributed by atoms with van der Waals surface area (Å²) in [5, 5.41) is 2.96. The van der Waals surface area contributed by atoms with Crippen molar-refractivity contribution in [1.82, 2.24) is 5.32 Å². The largest absolute Gasteiger partial charge is 0.385 e. The van der Waals surface area contributed by atoms with Gasteiger partial charge in [-0.15, -0.1) is 0 Å². The number of sulfone groups is 1. The number of methoxy groups -OCH3 is 1. The Morgan fingerprint density at radius 1 is 1.28 bits per heavy atom. The molecule has 4 nitrogen and oxygen atoms in total. The molecule has 1 fully saturated rings. The van der Waals surface area contributed by atoms with Crippen molar-refractivity contribution in [2.45, 2.75) is 44.4 Å². The first kappa shape index (κ1) is 15.9. The summed E-state index contributed by atoms with van der Waals surface area (Å²) in [7, 11) is 0.441. The third-order valence-corrected chi connectivity index (χ3v) is 6.43. The highest BCUT2D eigenvalue weighted by atomic mass is 32.2. The standard InChI is InChI=1S/C13H27NO3S/c1-10-8-11(2)13(12(9-10)14-3)18(15,16)7-5-6-17-4/h10-14H,5-9H2,1-4H3. The minimum atomic E-state index is -3.03. The molecule has 1 aliphatic rings. The topological polar surface area (TPSA) is 55.4 Å². The predicted molar refractivity (Wildman–Crippen MR) is 74.5 cm³/mol. The van der Waals surface area contributed by atoms with Gasteiger partial charge in [-0.1, -0.05) is 13.8 Å². The van der Waals surface area contributed by atoms with Crippen molar-refractivity contribution in [3.8, 4) is 0 Å². The van der Waals surface area contributed by atoms with E-state index >= 15 is 0 Å². The number of hydrogen-bond donors (Lipinski definition) is 1. The molecule has 0 spiro atoms. The van der Waals surface area contributed by atoms with Gasteiger partial charge in [-0.2, -0.15) is 0 Å². The van der Waals surface area contributed by atoms with Gasteiger partial charge in [0.1, 0.15) is 0 Å². The zero-order valence-electron chi connectivity index (χ0n) is 12.0. The summed E-state index contributed by atoms with van der Waals surface area (Å²) >= 11 is 0. The van der Waals surface area contributed by atoms with Crippen molar-refractivity contribution in [3.05, 3.63) is 0 Å². The molecule has 0 amide bonds. The van der Waals surface area contributed by atoms with Crippen LogP contribution in [0, 0.1) is 11.8 Å². The fourth-order valence-electron chi connectivity index (χ4n) is 3.26. The Morgan fingerprint density at radius 3 is 2.50 bits per heavy atom. The van der Waals surface area contributed by atoms with Gasteiger partial charge < -0.3 is 10.1 Å². The molecule has 0 aromatic carbocycles. The first-order valence-corrected chi connectivity index (χ1v) is 8.51. The highest BCUT2D eigenvalue weighted by Crippen LogP contribution is 2.33. The molecule has 4 atom stereocenters. The van der Waals surface area contributed by atoms with E-state index in [0.29, 0.717) is 18.9 Å². The van der Waals surface area contributed by atoms with Gasteiger partial charge in [0.05, 0.1) is 11.0 Å². The Hall–Kier alpha value is -0.130. The molecule has 1 rings (SSSR count). The van der Waals surface area contributed by atoms with Crippen molar-refractivity contribution >= 4 is 9.84 Å². The summed E-state index contributed by atoms with van der Waals surface area (Å²) in [4.78, 5) is 0. The molecular weight excluding hydrogens is 250 g/mol. The summed E-state index contributed by atoms with van der Waals surface area (Å²) in [6, 6.07) is 0.0938. The van der Waals surface area contributed by atoms with E-state index in [1.54, 1.807) is 7.11 Å². The molecule has 0 bridgehead atoms. The summed E-state index contributed by atoms with van der Waals surface area (Å²) in [6.07, 6.45) is 2.55. The maximum absolute atomic E-state index is 12.5. The van der Waals surface area contributed by atoms with Gasteiger partial charge in [0, 0.05) is 19.8 Å². The monoisotopic (exact) mass is 277 g/mol. The van der Waals surface area contributed by atoms with E-state index in [-0.39, 0.29) is 23.0 Å². The van der Waals surface area contributed by atoms with Crippen LogP contribution in [-0.4, -0.2) is 46.2 Å². The fourth-order valence-corrected chi connectivity index (χ4v) is 5.62. The Labute approximate surface area is 111 Å². The van der Waals surface area contributed by atoms with Gasteiger partial charge in [-0.25, -0.2) is 8.42 Å². The molecular formula is C13H27NO3S. The lowest BCUT2D eigenvalue weighted by Gasteiger charge is -2.39. The van der Waals surface area contributed by atoms with Gasteiger partial charge in [0.15, 0.2) is 9.84 Å². The van der Waals surface area contributed by atoms with Crippen LogP contribution < -0.4 is 5.32 Å². The van der Waals surface area contributed by atoms with Crippen LogP contribution >= 0.6 is 0 Å². The Balaban J connectivity index is 2.76. The summed E-state index contributed by atoms with van der Waals surface area (Å²) in [5.74, 6) is 1.07. The van der Waals surface area contributed by atoms with Crippen molar-refractivity contribution in [1.29, 1.82) is 0 Å². The molecule has 1 saturated carbocycles. The molecule has 5 heteroatoms. The maximum atomic E-state index is 12.5. The zero-order chi connectivity index (χ0) is 13.8. The number of hydrogen-bond acceptors (Lipinski definition) is 4. The van der Waals surface area contributed by atoms with Crippen LogP contribution in [-0.2, 0) is 14.6 Å². The van der Waals surface area contributed by atoms with Crippen molar-refractivity contribution in [2.75, 3.05) is 26.5 Å². The van der Waals surface area contributed by atoms with E-state index < -0.39 is 9.84 Å². The summed E-state index contributed by atoms with van der Waals surface area (Å²) in [6.45, 7) is 4.79. The Morgan fingerprint density at radius 2 is 1.94 bits per heavy atom. The lowest BCUT2D eigenvalue weighted by Crippen LogP contribution is -2.51. The third kappa shape index (κ3) is 3.93. The number of ether oxygens (including phenoxy) is 1. The van der Waals surface area contributed by atoms with Crippen LogP contribution in [0.3, 0.4) is 0 Å².